The Morgan fingerprint density at radius 1 is 1.41 bits per heavy atom. The molecule has 1 N–H and O–H groups in total. The van der Waals surface area contributed by atoms with Gasteiger partial charge in [-0.25, -0.2) is 0 Å². The third kappa shape index (κ3) is 3.75. The van der Waals surface area contributed by atoms with Crippen LogP contribution in [0.25, 0.3) is 0 Å². The van der Waals surface area contributed by atoms with Crippen LogP contribution in [0.15, 0.2) is 24.3 Å². The highest BCUT2D eigenvalue weighted by molar-refractivity contribution is 5.95. The Bertz CT molecular complexity index is 377. The average Bonchev–Trinajstić information content (AvgIpc) is 2.34. The maximum atomic E-state index is 11.9. The van der Waals surface area contributed by atoms with E-state index in [1.54, 1.807) is 19.1 Å². The molecule has 0 aliphatic carbocycles. The first-order valence-electron chi connectivity index (χ1n) is 5.69. The number of para-hydroxylation sites is 2. The molecule has 17 heavy (non-hydrogen) atoms. The van der Waals surface area contributed by atoms with Crippen molar-refractivity contribution >= 4 is 11.6 Å². The van der Waals surface area contributed by atoms with Crippen molar-refractivity contribution in [1.82, 2.24) is 5.32 Å². The van der Waals surface area contributed by atoms with Crippen molar-refractivity contribution in [3.05, 3.63) is 24.3 Å². The van der Waals surface area contributed by atoms with Gasteiger partial charge in [-0.1, -0.05) is 26.0 Å². The van der Waals surface area contributed by atoms with E-state index in [-0.39, 0.29) is 5.91 Å². The molecule has 0 aliphatic heterocycles. The number of methoxy groups -OCH3 is 1. The molecular formula is C13H20N2O2. The van der Waals surface area contributed by atoms with Crippen LogP contribution in [0.4, 0.5) is 5.69 Å². The maximum Gasteiger partial charge on any atom is 0.240 e. The molecular weight excluding hydrogens is 216 g/mol. The first kappa shape index (κ1) is 13.5. The molecule has 0 unspecified atom stereocenters. The Morgan fingerprint density at radius 3 is 2.65 bits per heavy atom. The van der Waals surface area contributed by atoms with Gasteiger partial charge in [-0.15, -0.1) is 0 Å². The summed E-state index contributed by atoms with van der Waals surface area (Å²) < 4.78 is 5.23. The van der Waals surface area contributed by atoms with Crippen LogP contribution < -0.4 is 15.0 Å². The summed E-state index contributed by atoms with van der Waals surface area (Å²) in [5.41, 5.74) is 0.783. The molecule has 0 saturated carbocycles. The summed E-state index contributed by atoms with van der Waals surface area (Å²) in [6, 6.07) is 7.77. The number of anilines is 1. The molecule has 0 heterocycles. The Kier molecular flexibility index (Phi) is 4.97. The second-order valence-electron chi connectivity index (χ2n) is 4.16. The van der Waals surface area contributed by atoms with Gasteiger partial charge >= 0.3 is 0 Å². The highest BCUT2D eigenvalue weighted by Crippen LogP contribution is 2.26. The van der Waals surface area contributed by atoms with E-state index >= 15 is 0 Å². The zero-order chi connectivity index (χ0) is 12.8. The van der Waals surface area contributed by atoms with Gasteiger partial charge in [-0.05, 0) is 12.1 Å². The van der Waals surface area contributed by atoms with Crippen LogP contribution in [0.1, 0.15) is 13.8 Å². The number of amides is 1. The van der Waals surface area contributed by atoms with Crippen LogP contribution in [0.5, 0.6) is 5.75 Å². The van der Waals surface area contributed by atoms with Crippen molar-refractivity contribution in [1.29, 1.82) is 0 Å². The molecule has 1 aromatic carbocycles. The molecule has 0 aliphatic rings. The van der Waals surface area contributed by atoms with Crippen molar-refractivity contribution in [3.8, 4) is 5.75 Å². The number of carbonyl (C=O) groups is 1. The highest BCUT2D eigenvalue weighted by atomic mass is 16.5. The highest BCUT2D eigenvalue weighted by Gasteiger charge is 2.14. The molecule has 0 radical (unpaired) electrons. The number of nitrogens with one attached hydrogen (secondary N) is 1. The SMILES string of the molecule is COc1ccccc1N(C)C(=O)CNC(C)C. The zero-order valence-corrected chi connectivity index (χ0v) is 10.9. The summed E-state index contributed by atoms with van der Waals surface area (Å²) in [6.45, 7) is 4.35. The molecule has 4 nitrogen and oxygen atoms in total. The van der Waals surface area contributed by atoms with Crippen LogP contribution in [-0.4, -0.2) is 32.7 Å². The average molecular weight is 236 g/mol. The van der Waals surface area contributed by atoms with E-state index in [1.807, 2.05) is 38.1 Å². The number of benzene rings is 1. The molecule has 0 saturated heterocycles. The van der Waals surface area contributed by atoms with E-state index in [2.05, 4.69) is 5.32 Å². The van der Waals surface area contributed by atoms with Gasteiger partial charge in [0, 0.05) is 13.1 Å². The topological polar surface area (TPSA) is 41.6 Å². The molecule has 0 atom stereocenters. The summed E-state index contributed by atoms with van der Waals surface area (Å²) in [6.07, 6.45) is 0. The van der Waals surface area contributed by atoms with E-state index < -0.39 is 0 Å². The van der Waals surface area contributed by atoms with Crippen LogP contribution in [0.2, 0.25) is 0 Å². The third-order valence-electron chi connectivity index (χ3n) is 2.48. The first-order chi connectivity index (χ1) is 8.06. The monoisotopic (exact) mass is 236 g/mol. The Balaban J connectivity index is 2.74. The molecule has 0 aromatic heterocycles. The maximum absolute atomic E-state index is 11.9. The Labute approximate surface area is 103 Å². The summed E-state index contributed by atoms with van der Waals surface area (Å²) in [5.74, 6) is 0.719. The molecule has 94 valence electrons. The van der Waals surface area contributed by atoms with Gasteiger partial charge in [0.05, 0.1) is 19.3 Å². The fourth-order valence-electron chi connectivity index (χ4n) is 1.45. The van der Waals surface area contributed by atoms with Crippen molar-refractivity contribution < 1.29 is 9.53 Å². The third-order valence-corrected chi connectivity index (χ3v) is 2.48. The van der Waals surface area contributed by atoms with E-state index in [0.717, 1.165) is 5.69 Å². The minimum Gasteiger partial charge on any atom is -0.495 e. The van der Waals surface area contributed by atoms with Gasteiger partial charge in [0.25, 0.3) is 0 Å². The molecule has 1 aromatic rings. The molecule has 1 amide bonds. The van der Waals surface area contributed by atoms with Gasteiger partial charge in [0.15, 0.2) is 0 Å². The molecule has 4 heteroatoms. The predicted molar refractivity (Wildman–Crippen MR) is 69.5 cm³/mol. The van der Waals surface area contributed by atoms with Gasteiger partial charge in [0.1, 0.15) is 5.75 Å². The van der Waals surface area contributed by atoms with Crippen molar-refractivity contribution in [2.45, 2.75) is 19.9 Å². The minimum atomic E-state index is 0.0169. The normalized spacial score (nSPS) is 10.4. The van der Waals surface area contributed by atoms with E-state index in [9.17, 15) is 4.79 Å². The van der Waals surface area contributed by atoms with Gasteiger partial charge in [0.2, 0.25) is 5.91 Å². The largest absolute Gasteiger partial charge is 0.495 e. The smallest absolute Gasteiger partial charge is 0.240 e. The number of nitrogens with zero attached hydrogens (tertiary/aromatic N) is 1. The summed E-state index contributed by atoms with van der Waals surface area (Å²) in [4.78, 5) is 13.5. The summed E-state index contributed by atoms with van der Waals surface area (Å²) >= 11 is 0. The minimum absolute atomic E-state index is 0.0169. The van der Waals surface area contributed by atoms with E-state index in [0.29, 0.717) is 18.3 Å². The van der Waals surface area contributed by atoms with Gasteiger partial charge < -0.3 is 15.0 Å². The molecule has 1 rings (SSSR count). The fraction of sp³-hybridized carbons (Fsp3) is 0.462. The first-order valence-corrected chi connectivity index (χ1v) is 5.69. The number of hydrogen-bond acceptors (Lipinski definition) is 3. The van der Waals surface area contributed by atoms with Crippen molar-refractivity contribution in [2.24, 2.45) is 0 Å². The van der Waals surface area contributed by atoms with Crippen LogP contribution in [0.3, 0.4) is 0 Å². The standard InChI is InChI=1S/C13H20N2O2/c1-10(2)14-9-13(16)15(3)11-7-5-6-8-12(11)17-4/h5-8,10,14H,9H2,1-4H3. The van der Waals surface area contributed by atoms with Crippen LogP contribution in [-0.2, 0) is 4.79 Å². The van der Waals surface area contributed by atoms with E-state index in [1.165, 1.54) is 0 Å². The number of ether oxygens (including phenoxy) is 1. The predicted octanol–water partition coefficient (Wildman–Crippen LogP) is 1.66. The number of carbonyl (C=O) groups excluding carboxylic acids is 1. The Morgan fingerprint density at radius 2 is 2.06 bits per heavy atom. The lowest BCUT2D eigenvalue weighted by atomic mass is 10.2. The Hall–Kier alpha value is -1.55. The van der Waals surface area contributed by atoms with Crippen molar-refractivity contribution in [3.63, 3.8) is 0 Å². The molecule has 0 bridgehead atoms. The lowest BCUT2D eigenvalue weighted by Crippen LogP contribution is -2.38. The lowest BCUT2D eigenvalue weighted by molar-refractivity contribution is -0.117. The quantitative estimate of drug-likeness (QED) is 0.845. The van der Waals surface area contributed by atoms with E-state index in [4.69, 9.17) is 4.74 Å². The van der Waals surface area contributed by atoms with Crippen LogP contribution >= 0.6 is 0 Å². The number of likely N-dealkylation sites (N-methyl/N-ethyl adjacent to an activating group) is 1. The lowest BCUT2D eigenvalue weighted by Gasteiger charge is -2.20. The zero-order valence-electron chi connectivity index (χ0n) is 10.9. The summed E-state index contributed by atoms with van der Waals surface area (Å²) in [7, 11) is 3.35. The number of hydrogen-bond donors (Lipinski definition) is 1. The molecule has 0 fully saturated rings. The fourth-order valence-corrected chi connectivity index (χ4v) is 1.45. The van der Waals surface area contributed by atoms with Gasteiger partial charge in [-0.2, -0.15) is 0 Å². The molecule has 0 spiro atoms. The van der Waals surface area contributed by atoms with Crippen LogP contribution in [0, 0.1) is 0 Å². The van der Waals surface area contributed by atoms with Gasteiger partial charge in [-0.3, -0.25) is 4.79 Å². The second-order valence-corrected chi connectivity index (χ2v) is 4.16. The van der Waals surface area contributed by atoms with Crippen molar-refractivity contribution in [2.75, 3.05) is 25.6 Å². The summed E-state index contributed by atoms with van der Waals surface area (Å²) in [5, 5.41) is 3.10. The number of rotatable bonds is 5. The second kappa shape index (κ2) is 6.25.